The zero-order valence-electron chi connectivity index (χ0n) is 8.92. The molecule has 1 N–H and O–H groups in total. The maximum Gasteiger partial charge on any atom is 0.137 e. The van der Waals surface area contributed by atoms with Crippen LogP contribution in [-0.4, -0.2) is 4.98 Å². The van der Waals surface area contributed by atoms with Crippen molar-refractivity contribution in [2.45, 2.75) is 0 Å². The molecule has 1 aromatic carbocycles. The summed E-state index contributed by atoms with van der Waals surface area (Å²) in [5.74, 6) is 0.0786. The van der Waals surface area contributed by atoms with Crippen molar-refractivity contribution < 1.29 is 4.39 Å². The van der Waals surface area contributed by atoms with Crippen molar-refractivity contribution in [3.63, 3.8) is 0 Å². The quantitative estimate of drug-likeness (QED) is 0.839. The van der Waals surface area contributed by atoms with Crippen molar-refractivity contribution in [1.82, 2.24) is 4.98 Å². The fraction of sp³-hybridized carbons (Fsp3) is 0. The van der Waals surface area contributed by atoms with Gasteiger partial charge >= 0.3 is 0 Å². The molecule has 0 saturated heterocycles. The maximum absolute atomic E-state index is 13.1. The summed E-state index contributed by atoms with van der Waals surface area (Å²) >= 11 is 8.87. The standard InChI is InChI=1S/C12H6BrClFN3/c13-9-5-8(1-2-10(9)15)17-12-4-7(6-16)3-11(14)18-12/h1-5H,(H,17,18). The van der Waals surface area contributed by atoms with Gasteiger partial charge in [0.15, 0.2) is 0 Å². The van der Waals surface area contributed by atoms with E-state index in [2.05, 4.69) is 26.2 Å². The lowest BCUT2D eigenvalue weighted by Crippen LogP contribution is -1.95. The van der Waals surface area contributed by atoms with E-state index in [9.17, 15) is 4.39 Å². The summed E-state index contributed by atoms with van der Waals surface area (Å²) in [4.78, 5) is 4.02. The van der Waals surface area contributed by atoms with Gasteiger partial charge < -0.3 is 5.32 Å². The van der Waals surface area contributed by atoms with Gasteiger partial charge in [0, 0.05) is 5.69 Å². The fourth-order valence-electron chi connectivity index (χ4n) is 1.35. The van der Waals surface area contributed by atoms with Crippen molar-refractivity contribution in [3.05, 3.63) is 51.3 Å². The van der Waals surface area contributed by atoms with Crippen molar-refractivity contribution in [1.29, 1.82) is 5.26 Å². The molecule has 0 amide bonds. The minimum Gasteiger partial charge on any atom is -0.340 e. The average Bonchev–Trinajstić information content (AvgIpc) is 2.33. The van der Waals surface area contributed by atoms with E-state index in [0.29, 0.717) is 21.5 Å². The van der Waals surface area contributed by atoms with Gasteiger partial charge in [-0.2, -0.15) is 5.26 Å². The second-order valence-electron chi connectivity index (χ2n) is 3.43. The lowest BCUT2D eigenvalue weighted by molar-refractivity contribution is 0.621. The highest BCUT2D eigenvalue weighted by Crippen LogP contribution is 2.23. The van der Waals surface area contributed by atoms with Gasteiger partial charge in [0.1, 0.15) is 16.8 Å². The molecule has 18 heavy (non-hydrogen) atoms. The molecule has 0 unspecified atom stereocenters. The van der Waals surface area contributed by atoms with Crippen LogP contribution in [-0.2, 0) is 0 Å². The Balaban J connectivity index is 2.31. The lowest BCUT2D eigenvalue weighted by atomic mass is 10.2. The van der Waals surface area contributed by atoms with Gasteiger partial charge in [-0.05, 0) is 46.3 Å². The molecule has 0 spiro atoms. The minimum absolute atomic E-state index is 0.220. The Morgan fingerprint density at radius 1 is 1.33 bits per heavy atom. The number of nitriles is 1. The first-order chi connectivity index (χ1) is 8.58. The topological polar surface area (TPSA) is 48.7 Å². The highest BCUT2D eigenvalue weighted by Gasteiger charge is 2.04. The van der Waals surface area contributed by atoms with E-state index in [4.69, 9.17) is 16.9 Å². The van der Waals surface area contributed by atoms with Gasteiger partial charge in [-0.25, -0.2) is 9.37 Å². The molecule has 0 aliphatic heterocycles. The normalized spacial score (nSPS) is 9.89. The number of hydrogen-bond donors (Lipinski definition) is 1. The number of nitrogens with one attached hydrogen (secondary N) is 1. The van der Waals surface area contributed by atoms with Crippen LogP contribution in [0.3, 0.4) is 0 Å². The number of aromatic nitrogens is 1. The number of halogens is 3. The van der Waals surface area contributed by atoms with Gasteiger partial charge in [0.2, 0.25) is 0 Å². The Hall–Kier alpha value is -1.64. The van der Waals surface area contributed by atoms with Crippen molar-refractivity contribution in [3.8, 4) is 6.07 Å². The SMILES string of the molecule is N#Cc1cc(Cl)nc(Nc2ccc(F)c(Br)c2)c1. The Bertz CT molecular complexity index is 640. The van der Waals surface area contributed by atoms with Crippen LogP contribution >= 0.6 is 27.5 Å². The summed E-state index contributed by atoms with van der Waals surface area (Å²) in [5.41, 5.74) is 1.04. The molecule has 2 rings (SSSR count). The van der Waals surface area contributed by atoms with Gasteiger partial charge in [-0.3, -0.25) is 0 Å². The van der Waals surface area contributed by atoms with Crippen LogP contribution in [0.1, 0.15) is 5.56 Å². The molecule has 90 valence electrons. The van der Waals surface area contributed by atoms with Crippen LogP contribution in [0.25, 0.3) is 0 Å². The molecule has 0 fully saturated rings. The summed E-state index contributed by atoms with van der Waals surface area (Å²) in [6.45, 7) is 0. The molecule has 1 heterocycles. The third kappa shape index (κ3) is 2.97. The molecule has 0 bridgehead atoms. The molecule has 0 saturated carbocycles. The highest BCUT2D eigenvalue weighted by atomic mass is 79.9. The molecule has 0 aliphatic carbocycles. The van der Waals surface area contributed by atoms with Crippen LogP contribution in [0, 0.1) is 17.1 Å². The first kappa shape index (κ1) is 12.8. The van der Waals surface area contributed by atoms with Crippen LogP contribution in [0.2, 0.25) is 5.15 Å². The smallest absolute Gasteiger partial charge is 0.137 e. The molecule has 2 aromatic rings. The maximum atomic E-state index is 13.1. The van der Waals surface area contributed by atoms with Crippen molar-refractivity contribution >= 4 is 39.0 Å². The first-order valence-corrected chi connectivity index (χ1v) is 6.05. The summed E-state index contributed by atoms with van der Waals surface area (Å²) in [5, 5.41) is 12.0. The van der Waals surface area contributed by atoms with Crippen LogP contribution in [0.15, 0.2) is 34.8 Å². The van der Waals surface area contributed by atoms with Crippen LogP contribution in [0.4, 0.5) is 15.9 Å². The Kier molecular flexibility index (Phi) is 3.80. The van der Waals surface area contributed by atoms with E-state index in [-0.39, 0.29) is 11.0 Å². The van der Waals surface area contributed by atoms with E-state index in [1.807, 2.05) is 6.07 Å². The fourth-order valence-corrected chi connectivity index (χ4v) is 1.93. The average molecular weight is 327 g/mol. The first-order valence-electron chi connectivity index (χ1n) is 4.88. The molecule has 3 nitrogen and oxygen atoms in total. The lowest BCUT2D eigenvalue weighted by Gasteiger charge is -2.07. The van der Waals surface area contributed by atoms with E-state index in [0.717, 1.165) is 0 Å². The third-order valence-electron chi connectivity index (χ3n) is 2.12. The number of pyridine rings is 1. The number of anilines is 2. The van der Waals surface area contributed by atoms with Crippen molar-refractivity contribution in [2.75, 3.05) is 5.32 Å². The number of hydrogen-bond acceptors (Lipinski definition) is 3. The minimum atomic E-state index is -0.350. The van der Waals surface area contributed by atoms with Gasteiger partial charge in [-0.15, -0.1) is 0 Å². The molecule has 0 atom stereocenters. The van der Waals surface area contributed by atoms with Crippen LogP contribution in [0.5, 0.6) is 0 Å². The third-order valence-corrected chi connectivity index (χ3v) is 2.92. The molecule has 0 radical (unpaired) electrons. The molecular weight excluding hydrogens is 321 g/mol. The second-order valence-corrected chi connectivity index (χ2v) is 4.67. The molecule has 1 aromatic heterocycles. The van der Waals surface area contributed by atoms with E-state index in [1.54, 1.807) is 18.2 Å². The predicted octanol–water partition coefficient (Wildman–Crippen LogP) is 4.25. The summed E-state index contributed by atoms with van der Waals surface area (Å²) < 4.78 is 13.4. The van der Waals surface area contributed by atoms with E-state index in [1.165, 1.54) is 12.1 Å². The molecular formula is C12H6BrClFN3. The number of benzene rings is 1. The Morgan fingerprint density at radius 2 is 2.11 bits per heavy atom. The summed E-state index contributed by atoms with van der Waals surface area (Å²) in [6.07, 6.45) is 0. The largest absolute Gasteiger partial charge is 0.340 e. The second kappa shape index (κ2) is 5.34. The van der Waals surface area contributed by atoms with Gasteiger partial charge in [0.05, 0.1) is 16.1 Å². The van der Waals surface area contributed by atoms with E-state index >= 15 is 0 Å². The Labute approximate surface area is 116 Å². The predicted molar refractivity (Wildman–Crippen MR) is 71.3 cm³/mol. The van der Waals surface area contributed by atoms with Crippen molar-refractivity contribution in [2.24, 2.45) is 0 Å². The summed E-state index contributed by atoms with van der Waals surface area (Å²) in [7, 11) is 0. The highest BCUT2D eigenvalue weighted by molar-refractivity contribution is 9.10. The Morgan fingerprint density at radius 3 is 2.78 bits per heavy atom. The number of rotatable bonds is 2. The van der Waals surface area contributed by atoms with E-state index < -0.39 is 0 Å². The molecule has 6 heteroatoms. The molecule has 0 aliphatic rings. The van der Waals surface area contributed by atoms with Gasteiger partial charge in [0.25, 0.3) is 0 Å². The monoisotopic (exact) mass is 325 g/mol. The zero-order valence-corrected chi connectivity index (χ0v) is 11.3. The number of nitrogens with zero attached hydrogens (tertiary/aromatic N) is 2. The summed E-state index contributed by atoms with van der Waals surface area (Å²) in [6, 6.07) is 9.46. The zero-order chi connectivity index (χ0) is 13.1. The van der Waals surface area contributed by atoms with Crippen LogP contribution < -0.4 is 5.32 Å². The van der Waals surface area contributed by atoms with Gasteiger partial charge in [-0.1, -0.05) is 11.6 Å².